The van der Waals surface area contributed by atoms with Gasteiger partial charge in [0.1, 0.15) is 0 Å². The molecule has 0 radical (unpaired) electrons. The topological polar surface area (TPSA) is 15.3 Å². The summed E-state index contributed by atoms with van der Waals surface area (Å²) in [6, 6.07) is 6.71. The van der Waals surface area contributed by atoms with Gasteiger partial charge in [-0.25, -0.2) is 0 Å². The molecule has 0 amide bonds. The average Bonchev–Trinajstić information content (AvgIpc) is 2.73. The molecule has 3 rings (SSSR count). The van der Waals surface area contributed by atoms with Crippen LogP contribution in [0.5, 0.6) is 0 Å². The van der Waals surface area contributed by atoms with Crippen LogP contribution in [-0.2, 0) is 6.42 Å². The second-order valence-electron chi connectivity index (χ2n) is 5.16. The number of benzene rings is 1. The lowest BCUT2D eigenvalue weighted by Gasteiger charge is -2.29. The van der Waals surface area contributed by atoms with E-state index in [1.54, 1.807) is 0 Å². The lowest BCUT2D eigenvalue weighted by atomic mass is 9.97. The second kappa shape index (κ2) is 4.99. The largest absolute Gasteiger partial charge is 0.371 e. The second-order valence-corrected chi connectivity index (χ2v) is 6.08. The van der Waals surface area contributed by atoms with Gasteiger partial charge in [0.05, 0.1) is 0 Å². The molecule has 0 aromatic heterocycles. The molecule has 1 aromatic carbocycles. The van der Waals surface area contributed by atoms with Crippen molar-refractivity contribution in [3.05, 3.63) is 28.2 Å². The highest BCUT2D eigenvalue weighted by Gasteiger charge is 2.23. The van der Waals surface area contributed by atoms with Crippen LogP contribution in [0.3, 0.4) is 0 Å². The summed E-state index contributed by atoms with van der Waals surface area (Å²) in [5, 5.41) is 3.44. The number of hydrogen-bond donors (Lipinski definition) is 1. The molecule has 1 saturated heterocycles. The maximum Gasteiger partial charge on any atom is 0.0410 e. The third kappa shape index (κ3) is 2.50. The van der Waals surface area contributed by atoms with Gasteiger partial charge in [0.15, 0.2) is 0 Å². The molecule has 92 valence electrons. The third-order valence-electron chi connectivity index (χ3n) is 3.98. The molecule has 0 spiro atoms. The van der Waals surface area contributed by atoms with Crippen molar-refractivity contribution < 1.29 is 0 Å². The zero-order valence-corrected chi connectivity index (χ0v) is 11.7. The number of halogens is 1. The first-order valence-electron chi connectivity index (χ1n) is 6.57. The normalized spacial score (nSPS) is 20.6. The predicted octanol–water partition coefficient (Wildman–Crippen LogP) is 2.81. The first kappa shape index (κ1) is 11.5. The molecule has 0 bridgehead atoms. The van der Waals surface area contributed by atoms with Crippen LogP contribution < -0.4 is 10.2 Å². The highest BCUT2D eigenvalue weighted by atomic mass is 79.9. The number of rotatable bonds is 2. The first-order chi connectivity index (χ1) is 8.33. The number of nitrogens with zero attached hydrogens (tertiary/aromatic N) is 1. The fraction of sp³-hybridized carbons (Fsp3) is 0.571. The number of piperidine rings is 1. The molecule has 0 atom stereocenters. The molecular formula is C14H19BrN2. The monoisotopic (exact) mass is 294 g/mol. The Morgan fingerprint density at radius 3 is 2.94 bits per heavy atom. The fourth-order valence-electron chi connectivity index (χ4n) is 2.98. The van der Waals surface area contributed by atoms with Crippen molar-refractivity contribution >= 4 is 21.6 Å². The van der Waals surface area contributed by atoms with E-state index in [1.165, 1.54) is 61.2 Å². The van der Waals surface area contributed by atoms with Gasteiger partial charge in [0.2, 0.25) is 0 Å². The van der Waals surface area contributed by atoms with Gasteiger partial charge in [-0.15, -0.1) is 0 Å². The van der Waals surface area contributed by atoms with Crippen LogP contribution in [0.1, 0.15) is 18.4 Å². The molecular weight excluding hydrogens is 276 g/mol. The van der Waals surface area contributed by atoms with Gasteiger partial charge >= 0.3 is 0 Å². The van der Waals surface area contributed by atoms with Crippen molar-refractivity contribution in [3.63, 3.8) is 0 Å². The number of fused-ring (bicyclic) bond motifs is 1. The van der Waals surface area contributed by atoms with E-state index in [0.717, 1.165) is 5.92 Å². The third-order valence-corrected chi connectivity index (χ3v) is 4.47. The summed E-state index contributed by atoms with van der Waals surface area (Å²) in [5.41, 5.74) is 2.97. The smallest absolute Gasteiger partial charge is 0.0410 e. The highest BCUT2D eigenvalue weighted by Crippen LogP contribution is 2.32. The van der Waals surface area contributed by atoms with Crippen LogP contribution in [-0.4, -0.2) is 26.2 Å². The minimum Gasteiger partial charge on any atom is -0.371 e. The van der Waals surface area contributed by atoms with E-state index in [2.05, 4.69) is 44.3 Å². The molecule has 2 aliphatic heterocycles. The predicted molar refractivity (Wildman–Crippen MR) is 75.7 cm³/mol. The van der Waals surface area contributed by atoms with Gasteiger partial charge in [-0.05, 0) is 56.0 Å². The molecule has 1 aromatic rings. The van der Waals surface area contributed by atoms with Crippen molar-refractivity contribution in [1.29, 1.82) is 0 Å². The Morgan fingerprint density at radius 2 is 2.12 bits per heavy atom. The fourth-order valence-corrected chi connectivity index (χ4v) is 3.33. The van der Waals surface area contributed by atoms with Gasteiger partial charge in [-0.2, -0.15) is 0 Å². The van der Waals surface area contributed by atoms with E-state index in [9.17, 15) is 0 Å². The van der Waals surface area contributed by atoms with Crippen molar-refractivity contribution in [1.82, 2.24) is 5.32 Å². The summed E-state index contributed by atoms with van der Waals surface area (Å²) in [5.74, 6) is 0.876. The molecule has 0 aliphatic carbocycles. The molecule has 0 unspecified atom stereocenters. The zero-order chi connectivity index (χ0) is 11.7. The Bertz CT molecular complexity index is 399. The van der Waals surface area contributed by atoms with E-state index in [-0.39, 0.29) is 0 Å². The summed E-state index contributed by atoms with van der Waals surface area (Å²) >= 11 is 3.58. The first-order valence-corrected chi connectivity index (χ1v) is 7.36. The number of anilines is 1. The molecule has 1 fully saturated rings. The van der Waals surface area contributed by atoms with Crippen molar-refractivity contribution in [2.45, 2.75) is 19.3 Å². The van der Waals surface area contributed by atoms with Gasteiger partial charge in [-0.3, -0.25) is 0 Å². The molecule has 3 heteroatoms. The minimum absolute atomic E-state index is 0.876. The maximum atomic E-state index is 3.58. The van der Waals surface area contributed by atoms with Crippen molar-refractivity contribution in [2.75, 3.05) is 31.1 Å². The lowest BCUT2D eigenvalue weighted by molar-refractivity contribution is 0.375. The van der Waals surface area contributed by atoms with Gasteiger partial charge < -0.3 is 10.2 Å². The van der Waals surface area contributed by atoms with E-state index in [0.29, 0.717) is 0 Å². The van der Waals surface area contributed by atoms with Crippen LogP contribution in [0.15, 0.2) is 22.7 Å². The quantitative estimate of drug-likeness (QED) is 0.902. The summed E-state index contributed by atoms with van der Waals surface area (Å²) < 4.78 is 1.20. The van der Waals surface area contributed by atoms with Crippen molar-refractivity contribution in [2.24, 2.45) is 5.92 Å². The van der Waals surface area contributed by atoms with Crippen LogP contribution in [0, 0.1) is 5.92 Å². The Labute approximate surface area is 112 Å². The minimum atomic E-state index is 0.876. The number of nitrogens with one attached hydrogen (secondary N) is 1. The van der Waals surface area contributed by atoms with Crippen LogP contribution >= 0.6 is 15.9 Å². The molecule has 17 heavy (non-hydrogen) atoms. The standard InChI is InChI=1S/C14H19BrN2/c15-13-2-1-12-5-8-17(14(12)9-13)10-11-3-6-16-7-4-11/h1-2,9,11,16H,3-8,10H2. The Hall–Kier alpha value is -0.540. The molecule has 2 aliphatic rings. The SMILES string of the molecule is Brc1ccc2c(c1)N(CC1CCNCC1)CC2. The lowest BCUT2D eigenvalue weighted by Crippen LogP contribution is -2.35. The highest BCUT2D eigenvalue weighted by molar-refractivity contribution is 9.10. The van der Waals surface area contributed by atoms with Gasteiger partial charge in [0, 0.05) is 23.2 Å². The Kier molecular flexibility index (Phi) is 3.39. The molecule has 0 saturated carbocycles. The number of hydrogen-bond acceptors (Lipinski definition) is 2. The summed E-state index contributed by atoms with van der Waals surface area (Å²) in [6.07, 6.45) is 3.88. The maximum absolute atomic E-state index is 3.58. The van der Waals surface area contributed by atoms with E-state index in [4.69, 9.17) is 0 Å². The molecule has 2 nitrogen and oxygen atoms in total. The zero-order valence-electron chi connectivity index (χ0n) is 10.1. The van der Waals surface area contributed by atoms with Crippen LogP contribution in [0.4, 0.5) is 5.69 Å². The summed E-state index contributed by atoms with van der Waals surface area (Å²) in [6.45, 7) is 4.84. The molecule has 1 N–H and O–H groups in total. The average molecular weight is 295 g/mol. The molecule has 2 heterocycles. The van der Waals surface area contributed by atoms with E-state index < -0.39 is 0 Å². The Morgan fingerprint density at radius 1 is 1.29 bits per heavy atom. The van der Waals surface area contributed by atoms with Crippen LogP contribution in [0.2, 0.25) is 0 Å². The van der Waals surface area contributed by atoms with Crippen molar-refractivity contribution in [3.8, 4) is 0 Å². The van der Waals surface area contributed by atoms with E-state index in [1.807, 2.05) is 0 Å². The van der Waals surface area contributed by atoms with Crippen LogP contribution in [0.25, 0.3) is 0 Å². The van der Waals surface area contributed by atoms with E-state index >= 15 is 0 Å². The van der Waals surface area contributed by atoms with Gasteiger partial charge in [0.25, 0.3) is 0 Å². The summed E-state index contributed by atoms with van der Waals surface area (Å²) in [4.78, 5) is 2.58. The van der Waals surface area contributed by atoms with Gasteiger partial charge in [-0.1, -0.05) is 22.0 Å². The summed E-state index contributed by atoms with van der Waals surface area (Å²) in [7, 11) is 0. The Balaban J connectivity index is 1.72.